The summed E-state index contributed by atoms with van der Waals surface area (Å²) in [6, 6.07) is 9.73. The molecule has 1 aliphatic carbocycles. The minimum Gasteiger partial charge on any atom is -0.490 e. The summed E-state index contributed by atoms with van der Waals surface area (Å²) in [5.74, 6) is 0.371. The maximum atomic E-state index is 13.5. The molecule has 6 heteroatoms. The molecule has 1 aromatic heterocycles. The lowest BCUT2D eigenvalue weighted by atomic mass is 9.92. The van der Waals surface area contributed by atoms with E-state index in [1.165, 1.54) is 13.2 Å². The second-order valence-electron chi connectivity index (χ2n) is 6.20. The second kappa shape index (κ2) is 7.99. The Balaban J connectivity index is 1.93. The lowest BCUT2D eigenvalue weighted by Crippen LogP contribution is -2.31. The molecule has 2 unspecified atom stereocenters. The number of nitrogens with one attached hydrogen (secondary N) is 1. The summed E-state index contributed by atoms with van der Waals surface area (Å²) in [6.07, 6.45) is 7.23. The topological polar surface area (TPSA) is 56.1 Å². The van der Waals surface area contributed by atoms with Crippen molar-refractivity contribution in [3.05, 3.63) is 76.5 Å². The third kappa shape index (κ3) is 4.02. The van der Waals surface area contributed by atoms with Crippen LogP contribution in [0.2, 0.25) is 0 Å². The fourth-order valence-electron chi connectivity index (χ4n) is 3.01. The maximum absolute atomic E-state index is 13.5. The van der Waals surface area contributed by atoms with E-state index < -0.39 is 5.56 Å². The molecule has 3 rings (SSSR count). The molecule has 2 atom stereocenters. The van der Waals surface area contributed by atoms with Crippen LogP contribution in [0.15, 0.2) is 65.4 Å². The Labute approximate surface area is 151 Å². The zero-order chi connectivity index (χ0) is 18.5. The van der Waals surface area contributed by atoms with Gasteiger partial charge in [0, 0.05) is 5.92 Å². The summed E-state index contributed by atoms with van der Waals surface area (Å²) in [5, 5.41) is 3.28. The highest BCUT2D eigenvalue weighted by atomic mass is 19.1. The summed E-state index contributed by atoms with van der Waals surface area (Å²) < 4.78 is 20.5. The van der Waals surface area contributed by atoms with Gasteiger partial charge in [-0.05, 0) is 24.1 Å². The Morgan fingerprint density at radius 2 is 2.08 bits per heavy atom. The van der Waals surface area contributed by atoms with Crippen LogP contribution < -0.4 is 15.6 Å². The first-order chi connectivity index (χ1) is 12.6. The molecule has 5 nitrogen and oxygen atoms in total. The van der Waals surface area contributed by atoms with Crippen molar-refractivity contribution < 1.29 is 9.13 Å². The molecule has 0 aliphatic heterocycles. The van der Waals surface area contributed by atoms with Gasteiger partial charge in [0.1, 0.15) is 5.83 Å². The molecule has 0 fully saturated rings. The molecular formula is C20H22FN3O2. The SMILES string of the molecule is CCC1C=C(F)C=CC1Nc1nc(=O)c(OC)cn1Cc1ccccc1. The van der Waals surface area contributed by atoms with Crippen molar-refractivity contribution in [1.82, 2.24) is 9.55 Å². The third-order valence-corrected chi connectivity index (χ3v) is 4.44. The van der Waals surface area contributed by atoms with Gasteiger partial charge in [0.05, 0.1) is 25.9 Å². The highest BCUT2D eigenvalue weighted by molar-refractivity contribution is 5.37. The maximum Gasteiger partial charge on any atom is 0.316 e. The monoisotopic (exact) mass is 355 g/mol. The van der Waals surface area contributed by atoms with Gasteiger partial charge in [-0.25, -0.2) is 4.39 Å². The Bertz CT molecular complexity index is 874. The molecule has 0 radical (unpaired) electrons. The van der Waals surface area contributed by atoms with Crippen LogP contribution in [0, 0.1) is 5.92 Å². The standard InChI is InChI=1S/C20H22FN3O2/c1-3-15-11-16(21)9-10-17(15)22-20-23-19(25)18(26-2)13-24(20)12-14-7-5-4-6-8-14/h4-11,13,15,17H,3,12H2,1-2H3,(H,22,23,25). The van der Waals surface area contributed by atoms with Gasteiger partial charge in [0.15, 0.2) is 0 Å². The zero-order valence-electron chi connectivity index (χ0n) is 14.9. The molecule has 0 saturated carbocycles. The summed E-state index contributed by atoms with van der Waals surface area (Å²) in [6.45, 7) is 2.53. The van der Waals surface area contributed by atoms with E-state index in [2.05, 4.69) is 10.3 Å². The van der Waals surface area contributed by atoms with E-state index in [9.17, 15) is 9.18 Å². The number of aromatic nitrogens is 2. The van der Waals surface area contributed by atoms with Crippen molar-refractivity contribution in [2.45, 2.75) is 25.9 Å². The van der Waals surface area contributed by atoms with Crippen molar-refractivity contribution in [3.63, 3.8) is 0 Å². The Morgan fingerprint density at radius 3 is 2.77 bits per heavy atom. The van der Waals surface area contributed by atoms with Crippen molar-refractivity contribution >= 4 is 5.95 Å². The second-order valence-corrected chi connectivity index (χ2v) is 6.20. The molecule has 0 saturated heterocycles. The van der Waals surface area contributed by atoms with Gasteiger partial charge in [-0.3, -0.25) is 4.79 Å². The van der Waals surface area contributed by atoms with Crippen LogP contribution in [-0.2, 0) is 6.54 Å². The number of allylic oxidation sites excluding steroid dienone is 2. The zero-order valence-corrected chi connectivity index (χ0v) is 14.9. The van der Waals surface area contributed by atoms with E-state index in [1.54, 1.807) is 18.3 Å². The first kappa shape index (κ1) is 17.9. The summed E-state index contributed by atoms with van der Waals surface area (Å²) in [4.78, 5) is 16.3. The van der Waals surface area contributed by atoms with Gasteiger partial charge < -0.3 is 14.6 Å². The van der Waals surface area contributed by atoms with Crippen molar-refractivity contribution in [1.29, 1.82) is 0 Å². The Kier molecular flexibility index (Phi) is 5.51. The molecule has 1 aliphatic rings. The molecular weight excluding hydrogens is 333 g/mol. The minimum atomic E-state index is -0.436. The first-order valence-electron chi connectivity index (χ1n) is 8.62. The molecule has 26 heavy (non-hydrogen) atoms. The molecule has 0 bridgehead atoms. The van der Waals surface area contributed by atoms with Gasteiger partial charge in [0.25, 0.3) is 0 Å². The molecule has 2 aromatic rings. The number of hydrogen-bond acceptors (Lipinski definition) is 4. The predicted octanol–water partition coefficient (Wildman–Crippen LogP) is 3.53. The molecule has 0 amide bonds. The fourth-order valence-corrected chi connectivity index (χ4v) is 3.01. The molecule has 0 spiro atoms. The van der Waals surface area contributed by atoms with Gasteiger partial charge in [-0.1, -0.05) is 43.3 Å². The number of anilines is 1. The Hall–Kier alpha value is -2.89. The quantitative estimate of drug-likeness (QED) is 0.861. The van der Waals surface area contributed by atoms with Crippen LogP contribution in [0.3, 0.4) is 0 Å². The van der Waals surface area contributed by atoms with E-state index in [1.807, 2.05) is 41.8 Å². The average Bonchev–Trinajstić information content (AvgIpc) is 2.66. The van der Waals surface area contributed by atoms with E-state index in [-0.39, 0.29) is 23.5 Å². The number of rotatable bonds is 6. The lowest BCUT2D eigenvalue weighted by Gasteiger charge is -2.26. The molecule has 1 heterocycles. The predicted molar refractivity (Wildman–Crippen MR) is 100 cm³/mol. The minimum absolute atomic E-state index is 0.0100. The Morgan fingerprint density at radius 1 is 1.31 bits per heavy atom. The van der Waals surface area contributed by atoms with Crippen LogP contribution >= 0.6 is 0 Å². The smallest absolute Gasteiger partial charge is 0.316 e. The highest BCUT2D eigenvalue weighted by Gasteiger charge is 2.21. The number of halogens is 1. The van der Waals surface area contributed by atoms with Gasteiger partial charge in [0.2, 0.25) is 11.7 Å². The van der Waals surface area contributed by atoms with Crippen molar-refractivity contribution in [2.24, 2.45) is 5.92 Å². The van der Waals surface area contributed by atoms with E-state index in [0.717, 1.165) is 12.0 Å². The van der Waals surface area contributed by atoms with E-state index >= 15 is 0 Å². The third-order valence-electron chi connectivity index (χ3n) is 4.44. The van der Waals surface area contributed by atoms with Gasteiger partial charge >= 0.3 is 5.56 Å². The van der Waals surface area contributed by atoms with E-state index in [0.29, 0.717) is 12.5 Å². The lowest BCUT2D eigenvalue weighted by molar-refractivity contribution is 0.402. The van der Waals surface area contributed by atoms with Gasteiger partial charge in [-0.15, -0.1) is 0 Å². The number of benzene rings is 1. The van der Waals surface area contributed by atoms with Crippen LogP contribution in [0.25, 0.3) is 0 Å². The first-order valence-corrected chi connectivity index (χ1v) is 8.62. The molecule has 1 aromatic carbocycles. The van der Waals surface area contributed by atoms with Gasteiger partial charge in [-0.2, -0.15) is 4.98 Å². The fraction of sp³-hybridized carbons (Fsp3) is 0.300. The highest BCUT2D eigenvalue weighted by Crippen LogP contribution is 2.24. The normalized spacial score (nSPS) is 19.1. The molecule has 1 N–H and O–H groups in total. The number of ether oxygens (including phenoxy) is 1. The van der Waals surface area contributed by atoms with Crippen molar-refractivity contribution in [3.8, 4) is 5.75 Å². The van der Waals surface area contributed by atoms with E-state index in [4.69, 9.17) is 4.74 Å². The van der Waals surface area contributed by atoms with Crippen molar-refractivity contribution in [2.75, 3.05) is 12.4 Å². The van der Waals surface area contributed by atoms with Crippen LogP contribution in [0.1, 0.15) is 18.9 Å². The summed E-state index contributed by atoms with van der Waals surface area (Å²) in [5.41, 5.74) is 0.633. The summed E-state index contributed by atoms with van der Waals surface area (Å²) >= 11 is 0. The number of nitrogens with zero attached hydrogens (tertiary/aromatic N) is 2. The van der Waals surface area contributed by atoms with Crippen LogP contribution in [-0.4, -0.2) is 22.7 Å². The van der Waals surface area contributed by atoms with Crippen LogP contribution in [0.4, 0.5) is 10.3 Å². The molecule has 136 valence electrons. The summed E-state index contributed by atoms with van der Waals surface area (Å²) in [7, 11) is 1.45. The number of methoxy groups -OCH3 is 1. The van der Waals surface area contributed by atoms with Crippen LogP contribution in [0.5, 0.6) is 5.75 Å². The average molecular weight is 355 g/mol. The largest absolute Gasteiger partial charge is 0.490 e. The number of hydrogen-bond donors (Lipinski definition) is 1.